The summed E-state index contributed by atoms with van der Waals surface area (Å²) in [4.78, 5) is 26.1. The van der Waals surface area contributed by atoms with Crippen LogP contribution in [0, 0.1) is 13.8 Å². The molecule has 3 aromatic rings. The van der Waals surface area contributed by atoms with Crippen LogP contribution in [0.1, 0.15) is 34.8 Å². The monoisotopic (exact) mass is 395 g/mol. The second kappa shape index (κ2) is 6.78. The van der Waals surface area contributed by atoms with Crippen molar-refractivity contribution in [3.63, 3.8) is 0 Å². The molecule has 0 saturated carbocycles. The predicted molar refractivity (Wildman–Crippen MR) is 111 cm³/mol. The largest absolute Gasteiger partial charge is 0.464 e. The standard InChI is InChI=1S/C23H22ClNO3/c1-14-10-15(2)17-12-20-16-6-4-5-7-18(16)23(3,13-21(26)28-9-8-24)22(27)25(20)19(17)11-14/h4-7,10-12H,8-9,13H2,1-3H3. The van der Waals surface area contributed by atoms with E-state index >= 15 is 0 Å². The summed E-state index contributed by atoms with van der Waals surface area (Å²) < 4.78 is 6.96. The summed E-state index contributed by atoms with van der Waals surface area (Å²) in [5.41, 5.74) is 4.81. The smallest absolute Gasteiger partial charge is 0.307 e. The van der Waals surface area contributed by atoms with E-state index in [-0.39, 0.29) is 24.8 Å². The Bertz CT molecular complexity index is 1110. The number of aryl methyl sites for hydroxylation is 2. The van der Waals surface area contributed by atoms with E-state index in [9.17, 15) is 9.59 Å². The number of alkyl halides is 1. The Morgan fingerprint density at radius 3 is 2.68 bits per heavy atom. The number of rotatable bonds is 4. The van der Waals surface area contributed by atoms with E-state index in [2.05, 4.69) is 19.1 Å². The number of hydrogen-bond acceptors (Lipinski definition) is 3. The van der Waals surface area contributed by atoms with Crippen LogP contribution in [0.4, 0.5) is 0 Å². The van der Waals surface area contributed by atoms with Crippen molar-refractivity contribution in [1.29, 1.82) is 0 Å². The SMILES string of the molecule is Cc1cc(C)c2cc3n(c2c1)C(=O)C(C)(CC(=O)OCCCl)c1ccccc1-3. The summed E-state index contributed by atoms with van der Waals surface area (Å²) in [6, 6.07) is 14.0. The summed E-state index contributed by atoms with van der Waals surface area (Å²) in [6.45, 7) is 6.05. The predicted octanol–water partition coefficient (Wildman–Crippen LogP) is 5.01. The van der Waals surface area contributed by atoms with Crippen molar-refractivity contribution >= 4 is 34.4 Å². The van der Waals surface area contributed by atoms with E-state index in [1.54, 1.807) is 4.57 Å². The van der Waals surface area contributed by atoms with Crippen molar-refractivity contribution in [3.05, 3.63) is 59.2 Å². The Hall–Kier alpha value is -2.59. The molecule has 0 saturated heterocycles. The van der Waals surface area contributed by atoms with E-state index in [0.717, 1.165) is 38.9 Å². The van der Waals surface area contributed by atoms with Crippen LogP contribution in [0.25, 0.3) is 22.2 Å². The fourth-order valence-corrected chi connectivity index (χ4v) is 4.37. The van der Waals surface area contributed by atoms with Crippen LogP contribution in [0.5, 0.6) is 0 Å². The molecule has 4 rings (SSSR count). The molecule has 28 heavy (non-hydrogen) atoms. The number of carbonyl (C=O) groups is 2. The Labute approximate surface area is 169 Å². The molecule has 1 aromatic heterocycles. The molecule has 144 valence electrons. The molecule has 0 bridgehead atoms. The molecule has 0 radical (unpaired) electrons. The summed E-state index contributed by atoms with van der Waals surface area (Å²) in [7, 11) is 0. The van der Waals surface area contributed by atoms with Crippen LogP contribution < -0.4 is 0 Å². The fraction of sp³-hybridized carbons (Fsp3) is 0.304. The molecular formula is C23H22ClNO3. The van der Waals surface area contributed by atoms with Gasteiger partial charge in [0, 0.05) is 10.9 Å². The quantitative estimate of drug-likeness (QED) is 0.461. The minimum absolute atomic E-state index is 0.0242. The average molecular weight is 396 g/mol. The van der Waals surface area contributed by atoms with Gasteiger partial charge in [0.2, 0.25) is 5.91 Å². The van der Waals surface area contributed by atoms with E-state index in [0.29, 0.717) is 0 Å². The molecule has 5 heteroatoms. The van der Waals surface area contributed by atoms with E-state index in [1.165, 1.54) is 0 Å². The summed E-state index contributed by atoms with van der Waals surface area (Å²) in [5, 5.41) is 1.05. The van der Waals surface area contributed by atoms with E-state index in [4.69, 9.17) is 16.3 Å². The fourth-order valence-electron chi connectivity index (χ4n) is 4.29. The number of aromatic nitrogens is 1. The topological polar surface area (TPSA) is 48.3 Å². The van der Waals surface area contributed by atoms with Gasteiger partial charge >= 0.3 is 5.97 Å². The van der Waals surface area contributed by atoms with Crippen molar-refractivity contribution in [1.82, 2.24) is 4.57 Å². The van der Waals surface area contributed by atoms with Gasteiger partial charge < -0.3 is 4.74 Å². The Kier molecular flexibility index (Phi) is 4.54. The normalized spacial score (nSPS) is 18.1. The minimum atomic E-state index is -1.00. The first-order valence-corrected chi connectivity index (χ1v) is 9.89. The maximum absolute atomic E-state index is 13.7. The van der Waals surface area contributed by atoms with Gasteiger partial charge in [-0.05, 0) is 49.6 Å². The number of nitrogens with zero attached hydrogens (tertiary/aromatic N) is 1. The van der Waals surface area contributed by atoms with Crippen LogP contribution in [0.3, 0.4) is 0 Å². The third kappa shape index (κ3) is 2.75. The van der Waals surface area contributed by atoms with Gasteiger partial charge in [0.15, 0.2) is 0 Å². The summed E-state index contributed by atoms with van der Waals surface area (Å²) in [5.74, 6) is -0.291. The third-order valence-electron chi connectivity index (χ3n) is 5.58. The summed E-state index contributed by atoms with van der Waals surface area (Å²) in [6.07, 6.45) is -0.0242. The zero-order valence-corrected chi connectivity index (χ0v) is 17.0. The van der Waals surface area contributed by atoms with Gasteiger partial charge in [0.1, 0.15) is 6.61 Å². The maximum Gasteiger partial charge on any atom is 0.307 e. The third-order valence-corrected chi connectivity index (χ3v) is 5.74. The molecule has 0 amide bonds. The molecule has 0 aliphatic carbocycles. The van der Waals surface area contributed by atoms with E-state index < -0.39 is 11.4 Å². The molecule has 0 N–H and O–H groups in total. The lowest BCUT2D eigenvalue weighted by molar-refractivity contribution is -0.144. The average Bonchev–Trinajstić information content (AvgIpc) is 3.04. The molecule has 1 aliphatic heterocycles. The van der Waals surface area contributed by atoms with Crippen LogP contribution in [0.15, 0.2) is 42.5 Å². The highest BCUT2D eigenvalue weighted by Crippen LogP contribution is 2.45. The first kappa shape index (κ1) is 18.8. The van der Waals surface area contributed by atoms with Crippen molar-refractivity contribution in [2.45, 2.75) is 32.6 Å². The lowest BCUT2D eigenvalue weighted by atomic mass is 9.73. The number of halogens is 1. The molecule has 1 aliphatic rings. The number of ether oxygens (including phenoxy) is 1. The van der Waals surface area contributed by atoms with Gasteiger partial charge in [-0.1, -0.05) is 30.3 Å². The van der Waals surface area contributed by atoms with Gasteiger partial charge in [-0.25, -0.2) is 0 Å². The first-order chi connectivity index (χ1) is 13.4. The Morgan fingerprint density at radius 2 is 1.93 bits per heavy atom. The highest BCUT2D eigenvalue weighted by Gasteiger charge is 2.45. The van der Waals surface area contributed by atoms with Gasteiger partial charge in [-0.2, -0.15) is 0 Å². The number of benzene rings is 2. The number of carbonyl (C=O) groups excluding carboxylic acids is 2. The van der Waals surface area contributed by atoms with Gasteiger partial charge in [-0.15, -0.1) is 11.6 Å². The van der Waals surface area contributed by atoms with Gasteiger partial charge in [0.05, 0.1) is 28.9 Å². The highest BCUT2D eigenvalue weighted by atomic mass is 35.5. The number of fused-ring (bicyclic) bond motifs is 5. The molecule has 4 nitrogen and oxygen atoms in total. The van der Waals surface area contributed by atoms with Crippen molar-refractivity contribution in [2.24, 2.45) is 0 Å². The first-order valence-electron chi connectivity index (χ1n) is 9.36. The van der Waals surface area contributed by atoms with Gasteiger partial charge in [0.25, 0.3) is 0 Å². The Morgan fingerprint density at radius 1 is 1.18 bits per heavy atom. The second-order valence-electron chi connectivity index (χ2n) is 7.65. The minimum Gasteiger partial charge on any atom is -0.464 e. The number of esters is 1. The van der Waals surface area contributed by atoms with E-state index in [1.807, 2.05) is 44.2 Å². The molecule has 2 aromatic carbocycles. The van der Waals surface area contributed by atoms with Crippen LogP contribution in [-0.4, -0.2) is 28.9 Å². The molecule has 0 spiro atoms. The Balaban J connectivity index is 1.95. The number of hydrogen-bond donors (Lipinski definition) is 0. The van der Waals surface area contributed by atoms with Crippen LogP contribution >= 0.6 is 11.6 Å². The maximum atomic E-state index is 13.7. The van der Waals surface area contributed by atoms with Gasteiger partial charge in [-0.3, -0.25) is 14.2 Å². The lowest BCUT2D eigenvalue weighted by Crippen LogP contribution is -2.42. The van der Waals surface area contributed by atoms with Crippen LogP contribution in [-0.2, 0) is 14.9 Å². The highest BCUT2D eigenvalue weighted by molar-refractivity contribution is 6.18. The molecule has 2 heterocycles. The zero-order chi connectivity index (χ0) is 20.1. The summed E-state index contributed by atoms with van der Waals surface area (Å²) >= 11 is 5.63. The molecule has 1 atom stereocenters. The van der Waals surface area contributed by atoms with Crippen molar-refractivity contribution in [3.8, 4) is 11.3 Å². The second-order valence-corrected chi connectivity index (χ2v) is 8.03. The van der Waals surface area contributed by atoms with Crippen LogP contribution in [0.2, 0.25) is 0 Å². The van der Waals surface area contributed by atoms with Crippen molar-refractivity contribution in [2.75, 3.05) is 12.5 Å². The molecule has 1 unspecified atom stereocenters. The lowest BCUT2D eigenvalue weighted by Gasteiger charge is -2.35. The molecule has 0 fully saturated rings. The van der Waals surface area contributed by atoms with Crippen molar-refractivity contribution < 1.29 is 14.3 Å². The zero-order valence-electron chi connectivity index (χ0n) is 16.2. The molecular weight excluding hydrogens is 374 g/mol.